The molecule has 0 fully saturated rings. The summed E-state index contributed by atoms with van der Waals surface area (Å²) in [6.45, 7) is 0. The van der Waals surface area contributed by atoms with Crippen LogP contribution < -0.4 is 9.47 Å². The molecule has 2 aromatic rings. The number of para-hydroxylation sites is 1. The number of carbonyl (C=O) groups excluding carboxylic acids is 1. The lowest BCUT2D eigenvalue weighted by atomic mass is 10.1. The average Bonchev–Trinajstić information content (AvgIpc) is 2.53. The monoisotopic (exact) mass is 287 g/mol. The predicted octanol–water partition coefficient (Wildman–Crippen LogP) is 2.83. The third-order valence-electron chi connectivity index (χ3n) is 3.03. The van der Waals surface area contributed by atoms with Crippen molar-refractivity contribution in [2.75, 3.05) is 12.9 Å². The van der Waals surface area contributed by atoms with E-state index in [-0.39, 0.29) is 5.78 Å². The van der Waals surface area contributed by atoms with Gasteiger partial charge in [-0.25, -0.2) is 4.98 Å². The van der Waals surface area contributed by atoms with Crippen LogP contribution in [0.1, 0.15) is 10.5 Å². The van der Waals surface area contributed by atoms with Gasteiger partial charge in [0.2, 0.25) is 5.78 Å². The summed E-state index contributed by atoms with van der Waals surface area (Å²) in [7, 11) is 1.53. The summed E-state index contributed by atoms with van der Waals surface area (Å²) >= 11 is 1.62. The zero-order chi connectivity index (χ0) is 13.9. The molecule has 1 aliphatic rings. The van der Waals surface area contributed by atoms with E-state index < -0.39 is 6.10 Å². The highest BCUT2D eigenvalue weighted by Crippen LogP contribution is 2.36. The summed E-state index contributed by atoms with van der Waals surface area (Å²) in [4.78, 5) is 17.7. The second-order valence-corrected chi connectivity index (χ2v) is 5.34. The van der Waals surface area contributed by atoms with Crippen LogP contribution in [0.15, 0.2) is 47.5 Å². The fraction of sp³-hybridized carbons (Fsp3) is 0.200. The Morgan fingerprint density at radius 3 is 3.05 bits per heavy atom. The van der Waals surface area contributed by atoms with Gasteiger partial charge in [-0.05, 0) is 24.3 Å². The topological polar surface area (TPSA) is 48.4 Å². The van der Waals surface area contributed by atoms with Crippen LogP contribution in [-0.4, -0.2) is 29.7 Å². The number of ether oxygens (including phenoxy) is 2. The highest BCUT2D eigenvalue weighted by molar-refractivity contribution is 7.99. The Morgan fingerprint density at radius 1 is 1.35 bits per heavy atom. The van der Waals surface area contributed by atoms with Crippen molar-refractivity contribution in [1.82, 2.24) is 4.98 Å². The number of pyridine rings is 1. The molecule has 0 spiro atoms. The van der Waals surface area contributed by atoms with E-state index in [2.05, 4.69) is 4.98 Å². The van der Waals surface area contributed by atoms with Crippen LogP contribution in [0, 0.1) is 0 Å². The van der Waals surface area contributed by atoms with Crippen molar-refractivity contribution in [2.24, 2.45) is 0 Å². The minimum atomic E-state index is -0.529. The van der Waals surface area contributed by atoms with Gasteiger partial charge < -0.3 is 9.47 Å². The first kappa shape index (κ1) is 13.0. The Labute approximate surface area is 121 Å². The molecule has 1 aliphatic heterocycles. The Kier molecular flexibility index (Phi) is 3.60. The molecule has 0 radical (unpaired) electrons. The van der Waals surface area contributed by atoms with Crippen LogP contribution in [0.5, 0.6) is 11.5 Å². The van der Waals surface area contributed by atoms with Gasteiger partial charge in [0.25, 0.3) is 0 Å². The van der Waals surface area contributed by atoms with E-state index in [1.165, 1.54) is 7.11 Å². The molecular formula is C15H13NO3S. The van der Waals surface area contributed by atoms with E-state index in [4.69, 9.17) is 9.47 Å². The summed E-state index contributed by atoms with van der Waals surface area (Å²) in [5.74, 6) is 1.65. The van der Waals surface area contributed by atoms with Gasteiger partial charge in [0.15, 0.2) is 11.8 Å². The Balaban J connectivity index is 1.86. The smallest absolute Gasteiger partial charge is 0.226 e. The second-order valence-electron chi connectivity index (χ2n) is 4.28. The molecule has 1 aromatic carbocycles. The van der Waals surface area contributed by atoms with Gasteiger partial charge in [-0.1, -0.05) is 12.1 Å². The molecule has 1 aromatic heterocycles. The zero-order valence-electron chi connectivity index (χ0n) is 10.9. The molecule has 20 heavy (non-hydrogen) atoms. The van der Waals surface area contributed by atoms with Crippen LogP contribution >= 0.6 is 11.8 Å². The van der Waals surface area contributed by atoms with Crippen molar-refractivity contribution >= 4 is 17.5 Å². The van der Waals surface area contributed by atoms with Gasteiger partial charge in [0.1, 0.15) is 11.5 Å². The lowest BCUT2D eigenvalue weighted by molar-refractivity contribution is 0.0806. The standard InChI is InChI=1S/C15H13NO3S/c1-18-11-6-4-8-16-14(11)15(17)12-9-20-13-7-3-2-5-10(13)19-12/h2-8,12H,9H2,1H3. The van der Waals surface area contributed by atoms with Crippen LogP contribution in [0.2, 0.25) is 0 Å². The first-order chi connectivity index (χ1) is 9.79. The van der Waals surface area contributed by atoms with Crippen LogP contribution in [-0.2, 0) is 0 Å². The molecular weight excluding hydrogens is 274 g/mol. The van der Waals surface area contributed by atoms with Gasteiger partial charge in [-0.15, -0.1) is 11.8 Å². The number of Topliss-reactive ketones (excluding diaryl/α,β-unsaturated/α-hetero) is 1. The Hall–Kier alpha value is -2.01. The number of ketones is 1. The molecule has 0 N–H and O–H groups in total. The summed E-state index contributed by atoms with van der Waals surface area (Å²) in [6.07, 6.45) is 1.05. The van der Waals surface area contributed by atoms with E-state index in [1.54, 1.807) is 30.1 Å². The largest absolute Gasteiger partial charge is 0.494 e. The fourth-order valence-electron chi connectivity index (χ4n) is 2.04. The number of benzene rings is 1. The van der Waals surface area contributed by atoms with Crippen molar-refractivity contribution in [3.8, 4) is 11.5 Å². The molecule has 1 unspecified atom stereocenters. The first-order valence-electron chi connectivity index (χ1n) is 6.21. The minimum absolute atomic E-state index is 0.149. The number of methoxy groups -OCH3 is 1. The lowest BCUT2D eigenvalue weighted by Gasteiger charge is -2.24. The maximum Gasteiger partial charge on any atom is 0.226 e. The zero-order valence-corrected chi connectivity index (χ0v) is 11.7. The molecule has 5 heteroatoms. The third-order valence-corrected chi connectivity index (χ3v) is 4.14. The molecule has 3 rings (SSSR count). The lowest BCUT2D eigenvalue weighted by Crippen LogP contribution is -2.33. The van der Waals surface area contributed by atoms with Gasteiger partial charge in [-0.2, -0.15) is 0 Å². The van der Waals surface area contributed by atoms with Crippen molar-refractivity contribution in [2.45, 2.75) is 11.0 Å². The van der Waals surface area contributed by atoms with Crippen molar-refractivity contribution < 1.29 is 14.3 Å². The number of carbonyl (C=O) groups is 1. The maximum absolute atomic E-state index is 12.5. The molecule has 2 heterocycles. The Morgan fingerprint density at radius 2 is 2.20 bits per heavy atom. The highest BCUT2D eigenvalue weighted by atomic mass is 32.2. The summed E-state index contributed by atoms with van der Waals surface area (Å²) in [5, 5.41) is 0. The number of nitrogens with zero attached hydrogens (tertiary/aromatic N) is 1. The molecule has 0 bridgehead atoms. The highest BCUT2D eigenvalue weighted by Gasteiger charge is 2.29. The molecule has 0 aliphatic carbocycles. The van der Waals surface area contributed by atoms with Crippen molar-refractivity contribution in [3.63, 3.8) is 0 Å². The van der Waals surface area contributed by atoms with Crippen LogP contribution in [0.4, 0.5) is 0 Å². The number of rotatable bonds is 3. The van der Waals surface area contributed by atoms with Crippen LogP contribution in [0.25, 0.3) is 0 Å². The third kappa shape index (κ3) is 2.36. The average molecular weight is 287 g/mol. The summed E-state index contributed by atoms with van der Waals surface area (Å²) in [6, 6.07) is 11.2. The summed E-state index contributed by atoms with van der Waals surface area (Å²) < 4.78 is 11.0. The second kappa shape index (κ2) is 5.54. The number of aromatic nitrogens is 1. The van der Waals surface area contributed by atoms with Crippen molar-refractivity contribution in [1.29, 1.82) is 0 Å². The first-order valence-corrected chi connectivity index (χ1v) is 7.20. The minimum Gasteiger partial charge on any atom is -0.494 e. The van der Waals surface area contributed by atoms with Gasteiger partial charge in [-0.3, -0.25) is 4.79 Å². The predicted molar refractivity (Wildman–Crippen MR) is 76.7 cm³/mol. The Bertz CT molecular complexity index is 645. The maximum atomic E-state index is 12.5. The van der Waals surface area contributed by atoms with E-state index in [0.717, 1.165) is 10.6 Å². The molecule has 0 amide bonds. The normalized spacial score (nSPS) is 16.9. The number of thioether (sulfide) groups is 1. The SMILES string of the molecule is COc1cccnc1C(=O)C1CSc2ccccc2O1. The number of hydrogen-bond acceptors (Lipinski definition) is 5. The number of hydrogen-bond donors (Lipinski definition) is 0. The van der Waals surface area contributed by atoms with E-state index in [9.17, 15) is 4.79 Å². The molecule has 102 valence electrons. The fourth-order valence-corrected chi connectivity index (χ4v) is 3.03. The molecule has 0 saturated carbocycles. The van der Waals surface area contributed by atoms with E-state index in [1.807, 2.05) is 24.3 Å². The molecule has 4 nitrogen and oxygen atoms in total. The van der Waals surface area contributed by atoms with Crippen LogP contribution in [0.3, 0.4) is 0 Å². The quantitative estimate of drug-likeness (QED) is 0.812. The molecule has 0 saturated heterocycles. The van der Waals surface area contributed by atoms with Gasteiger partial charge in [0.05, 0.1) is 7.11 Å². The van der Waals surface area contributed by atoms with Gasteiger partial charge >= 0.3 is 0 Å². The van der Waals surface area contributed by atoms with Crippen molar-refractivity contribution in [3.05, 3.63) is 48.3 Å². The van der Waals surface area contributed by atoms with Gasteiger partial charge in [0, 0.05) is 16.8 Å². The van der Waals surface area contributed by atoms with E-state index in [0.29, 0.717) is 17.2 Å². The summed E-state index contributed by atoms with van der Waals surface area (Å²) in [5.41, 5.74) is 0.319. The number of fused-ring (bicyclic) bond motifs is 1. The van der Waals surface area contributed by atoms with E-state index >= 15 is 0 Å². The molecule has 1 atom stereocenters.